The van der Waals surface area contributed by atoms with E-state index in [0.29, 0.717) is 45.0 Å². The number of piperidine rings is 1. The van der Waals surface area contributed by atoms with Crippen molar-refractivity contribution < 1.29 is 18.9 Å². The van der Waals surface area contributed by atoms with Crippen LogP contribution in [0.25, 0.3) is 10.9 Å². The zero-order valence-corrected chi connectivity index (χ0v) is 22.8. The lowest BCUT2D eigenvalue weighted by Crippen LogP contribution is -2.50. The van der Waals surface area contributed by atoms with Gasteiger partial charge in [0.2, 0.25) is 0 Å². The highest BCUT2D eigenvalue weighted by molar-refractivity contribution is 6.37. The van der Waals surface area contributed by atoms with Crippen LogP contribution in [0.4, 0.5) is 11.4 Å². The van der Waals surface area contributed by atoms with Crippen LogP contribution in [0.15, 0.2) is 36.5 Å². The number of nitrogens with one attached hydrogen (secondary N) is 1. The zero-order valence-electron chi connectivity index (χ0n) is 21.3. The molecule has 0 atom stereocenters. The third kappa shape index (κ3) is 5.85. The topological polar surface area (TPSA) is 65.1 Å². The van der Waals surface area contributed by atoms with E-state index in [2.05, 4.69) is 15.2 Å². The molecule has 37 heavy (non-hydrogen) atoms. The van der Waals surface area contributed by atoms with Crippen LogP contribution in [0.5, 0.6) is 17.2 Å². The second-order valence-corrected chi connectivity index (χ2v) is 10.7. The number of aromatic nitrogens is 1. The monoisotopic (exact) mass is 545 g/mol. The van der Waals surface area contributed by atoms with Gasteiger partial charge in [-0.25, -0.2) is 0 Å². The highest BCUT2D eigenvalue weighted by atomic mass is 35.5. The van der Waals surface area contributed by atoms with E-state index in [9.17, 15) is 0 Å². The van der Waals surface area contributed by atoms with Crippen LogP contribution in [-0.2, 0) is 4.74 Å². The van der Waals surface area contributed by atoms with Gasteiger partial charge >= 0.3 is 0 Å². The molecule has 0 amide bonds. The first-order valence-electron chi connectivity index (χ1n) is 12.7. The van der Waals surface area contributed by atoms with Gasteiger partial charge in [-0.15, -0.1) is 0 Å². The molecule has 0 aliphatic carbocycles. The fourth-order valence-corrected chi connectivity index (χ4v) is 5.52. The summed E-state index contributed by atoms with van der Waals surface area (Å²) in [4.78, 5) is 7.12. The second-order valence-electron chi connectivity index (χ2n) is 9.86. The lowest BCUT2D eigenvalue weighted by atomic mass is 9.77. The molecule has 2 aliphatic rings. The molecular weight excluding hydrogens is 513 g/mol. The molecular formula is C28H33Cl2N3O4. The molecule has 2 aromatic carbocycles. The number of ether oxygens (including phenoxy) is 4. The molecule has 7 nitrogen and oxygen atoms in total. The van der Waals surface area contributed by atoms with E-state index >= 15 is 0 Å². The van der Waals surface area contributed by atoms with Crippen molar-refractivity contribution in [3.8, 4) is 17.2 Å². The first-order valence-corrected chi connectivity index (χ1v) is 13.5. The quantitative estimate of drug-likeness (QED) is 0.289. The normalized spacial score (nSPS) is 17.0. The maximum atomic E-state index is 6.43. The molecule has 0 unspecified atom stereocenters. The number of benzene rings is 2. The molecule has 1 aromatic heterocycles. The molecule has 2 saturated heterocycles. The lowest BCUT2D eigenvalue weighted by Gasteiger charge is -2.47. The third-order valence-electron chi connectivity index (χ3n) is 7.40. The zero-order chi connectivity index (χ0) is 25.8. The van der Waals surface area contributed by atoms with Gasteiger partial charge in [-0.3, -0.25) is 4.98 Å². The molecule has 0 bridgehead atoms. The van der Waals surface area contributed by atoms with Gasteiger partial charge in [0.15, 0.2) is 11.5 Å². The van der Waals surface area contributed by atoms with Crippen molar-refractivity contribution in [2.24, 2.45) is 5.41 Å². The third-order valence-corrected chi connectivity index (χ3v) is 8.01. The van der Waals surface area contributed by atoms with E-state index in [0.717, 1.165) is 49.2 Å². The van der Waals surface area contributed by atoms with Gasteiger partial charge in [0.05, 0.1) is 55.3 Å². The number of rotatable bonds is 10. The highest BCUT2D eigenvalue weighted by Crippen LogP contribution is 2.40. The summed E-state index contributed by atoms with van der Waals surface area (Å²) in [5.74, 6) is 1.89. The number of methoxy groups -OCH3 is 2. The van der Waals surface area contributed by atoms with E-state index in [1.165, 1.54) is 25.9 Å². The molecule has 3 aromatic rings. The predicted molar refractivity (Wildman–Crippen MR) is 148 cm³/mol. The summed E-state index contributed by atoms with van der Waals surface area (Å²) in [6.07, 6.45) is 6.37. The van der Waals surface area contributed by atoms with Gasteiger partial charge in [-0.2, -0.15) is 0 Å². The standard InChI is InChI=1S/C28H33Cl2N3O4/c1-34-25-16-24(20(29)14-21(25)30)32-22-5-8-31-23-15-27(26(35-2)13-19(22)23)37-12-4-3-9-33-10-6-28(7-11-33)17-36-18-28/h5,8,13-16H,3-4,6-7,9-12,17-18H2,1-2H3,(H,31,32). The van der Waals surface area contributed by atoms with Gasteiger partial charge in [-0.1, -0.05) is 23.2 Å². The summed E-state index contributed by atoms with van der Waals surface area (Å²) in [5, 5.41) is 5.20. The predicted octanol–water partition coefficient (Wildman–Crippen LogP) is 6.57. The van der Waals surface area contributed by atoms with Gasteiger partial charge in [0.25, 0.3) is 0 Å². The van der Waals surface area contributed by atoms with Crippen LogP contribution in [-0.4, -0.2) is 63.6 Å². The summed E-state index contributed by atoms with van der Waals surface area (Å²) in [5.41, 5.74) is 2.79. The Kier molecular flexibility index (Phi) is 8.15. The van der Waals surface area contributed by atoms with E-state index < -0.39 is 0 Å². The van der Waals surface area contributed by atoms with Crippen molar-refractivity contribution in [3.05, 3.63) is 46.6 Å². The van der Waals surface area contributed by atoms with E-state index in [4.69, 9.17) is 42.1 Å². The Morgan fingerprint density at radius 3 is 2.43 bits per heavy atom. The first-order chi connectivity index (χ1) is 18.0. The van der Waals surface area contributed by atoms with Gasteiger partial charge in [0, 0.05) is 34.8 Å². The van der Waals surface area contributed by atoms with Crippen LogP contribution >= 0.6 is 23.2 Å². The van der Waals surface area contributed by atoms with Crippen molar-refractivity contribution in [3.63, 3.8) is 0 Å². The van der Waals surface area contributed by atoms with Gasteiger partial charge < -0.3 is 29.2 Å². The lowest BCUT2D eigenvalue weighted by molar-refractivity contribution is -0.139. The number of unbranched alkanes of at least 4 members (excludes halogenated alkanes) is 1. The van der Waals surface area contributed by atoms with Crippen LogP contribution < -0.4 is 19.5 Å². The number of halogens is 2. The minimum atomic E-state index is 0.453. The first kappa shape index (κ1) is 26.2. The molecule has 1 N–H and O–H groups in total. The van der Waals surface area contributed by atoms with Crippen molar-refractivity contribution >= 4 is 45.5 Å². The fraction of sp³-hybridized carbons (Fsp3) is 0.464. The maximum absolute atomic E-state index is 6.43. The molecule has 5 rings (SSSR count). The Balaban J connectivity index is 1.21. The molecule has 2 fully saturated rings. The second kappa shape index (κ2) is 11.5. The van der Waals surface area contributed by atoms with Crippen molar-refractivity contribution in [2.45, 2.75) is 25.7 Å². The Morgan fingerprint density at radius 2 is 1.73 bits per heavy atom. The van der Waals surface area contributed by atoms with Crippen molar-refractivity contribution in [2.75, 3.05) is 59.0 Å². The summed E-state index contributed by atoms with van der Waals surface area (Å²) >= 11 is 12.6. The molecule has 0 radical (unpaired) electrons. The van der Waals surface area contributed by atoms with Gasteiger partial charge in [0.1, 0.15) is 5.75 Å². The maximum Gasteiger partial charge on any atom is 0.163 e. The van der Waals surface area contributed by atoms with Crippen LogP contribution in [0.2, 0.25) is 10.0 Å². The number of fused-ring (bicyclic) bond motifs is 1. The molecule has 1 spiro atoms. The molecule has 198 valence electrons. The minimum absolute atomic E-state index is 0.453. The average Bonchev–Trinajstić information content (AvgIpc) is 2.89. The fourth-order valence-electron chi connectivity index (χ4n) is 5.01. The highest BCUT2D eigenvalue weighted by Gasteiger charge is 2.40. The molecule has 2 aliphatic heterocycles. The minimum Gasteiger partial charge on any atom is -0.495 e. The largest absolute Gasteiger partial charge is 0.495 e. The number of hydrogen-bond acceptors (Lipinski definition) is 7. The van der Waals surface area contributed by atoms with Crippen molar-refractivity contribution in [1.82, 2.24) is 9.88 Å². The summed E-state index contributed by atoms with van der Waals surface area (Å²) in [6.45, 7) is 6.02. The molecule has 3 heterocycles. The van der Waals surface area contributed by atoms with Crippen LogP contribution in [0.1, 0.15) is 25.7 Å². The van der Waals surface area contributed by atoms with E-state index in [1.807, 2.05) is 18.2 Å². The Bertz CT molecular complexity index is 1240. The number of likely N-dealkylation sites (tertiary alicyclic amines) is 1. The molecule has 0 saturated carbocycles. The Labute approximate surface area is 227 Å². The van der Waals surface area contributed by atoms with E-state index in [-0.39, 0.29) is 0 Å². The summed E-state index contributed by atoms with van der Waals surface area (Å²) < 4.78 is 22.6. The smallest absolute Gasteiger partial charge is 0.163 e. The Morgan fingerprint density at radius 1 is 0.946 bits per heavy atom. The van der Waals surface area contributed by atoms with Crippen LogP contribution in [0.3, 0.4) is 0 Å². The van der Waals surface area contributed by atoms with Gasteiger partial charge in [-0.05, 0) is 63.5 Å². The molecule has 9 heteroatoms. The summed E-state index contributed by atoms with van der Waals surface area (Å²) in [7, 11) is 3.22. The summed E-state index contributed by atoms with van der Waals surface area (Å²) in [6, 6.07) is 9.18. The average molecular weight is 546 g/mol. The Hall–Kier alpha value is -2.45. The number of nitrogens with zero attached hydrogens (tertiary/aromatic N) is 2. The number of pyridine rings is 1. The number of hydrogen-bond donors (Lipinski definition) is 1. The SMILES string of the molecule is COc1cc(Nc2ccnc3cc(OCCCCN4CCC5(CC4)COC5)c(OC)cc23)c(Cl)cc1Cl. The van der Waals surface area contributed by atoms with E-state index in [1.54, 1.807) is 32.5 Å². The van der Waals surface area contributed by atoms with Crippen LogP contribution in [0, 0.1) is 5.41 Å². The van der Waals surface area contributed by atoms with Crippen molar-refractivity contribution in [1.29, 1.82) is 0 Å². The number of anilines is 2.